The van der Waals surface area contributed by atoms with Crippen molar-refractivity contribution in [2.45, 2.75) is 31.3 Å². The minimum atomic E-state index is -0.958. The van der Waals surface area contributed by atoms with Gasteiger partial charge in [0.05, 0.1) is 66.1 Å². The van der Waals surface area contributed by atoms with E-state index in [1.807, 2.05) is 6.92 Å². The number of hydrogen-bond acceptors (Lipinski definition) is 10. The molecule has 0 aromatic heterocycles. The molecular weight excluding hydrogens is 352 g/mol. The van der Waals surface area contributed by atoms with Crippen LogP contribution in [0.15, 0.2) is 0 Å². The van der Waals surface area contributed by atoms with Crippen LogP contribution >= 0.6 is 0 Å². The van der Waals surface area contributed by atoms with Gasteiger partial charge in [0.15, 0.2) is 0 Å². The van der Waals surface area contributed by atoms with Gasteiger partial charge in [-0.1, -0.05) is 6.92 Å². The van der Waals surface area contributed by atoms with E-state index in [0.717, 1.165) is 0 Å². The minimum Gasteiger partial charge on any atom is -0.394 e. The van der Waals surface area contributed by atoms with Crippen LogP contribution in [0.5, 0.6) is 0 Å². The largest absolute Gasteiger partial charge is 0.394 e. The summed E-state index contributed by atoms with van der Waals surface area (Å²) in [5, 5.41) is 54.6. The van der Waals surface area contributed by atoms with Gasteiger partial charge in [-0.25, -0.2) is 0 Å². The van der Waals surface area contributed by atoms with Crippen molar-refractivity contribution in [2.24, 2.45) is 5.92 Å². The molecule has 0 heterocycles. The highest BCUT2D eigenvalue weighted by Crippen LogP contribution is 2.00. The summed E-state index contributed by atoms with van der Waals surface area (Å²) in [6.07, 6.45) is -3.58. The molecule has 0 aliphatic carbocycles. The van der Waals surface area contributed by atoms with Crippen molar-refractivity contribution in [3.63, 3.8) is 0 Å². The molecule has 158 valence electrons. The van der Waals surface area contributed by atoms with Gasteiger partial charge >= 0.3 is 0 Å². The minimum absolute atomic E-state index is 0.000881. The molecular formula is C16H34O10. The smallest absolute Gasteiger partial charge is 0.101 e. The van der Waals surface area contributed by atoms with Gasteiger partial charge in [0.2, 0.25) is 0 Å². The van der Waals surface area contributed by atoms with Gasteiger partial charge in [0, 0.05) is 5.92 Å². The number of aliphatic hydroxyl groups is 6. The molecule has 4 unspecified atom stereocenters. The Morgan fingerprint density at radius 2 is 0.769 bits per heavy atom. The van der Waals surface area contributed by atoms with E-state index in [0.29, 0.717) is 13.2 Å². The predicted molar refractivity (Wildman–Crippen MR) is 90.6 cm³/mol. The lowest BCUT2D eigenvalue weighted by molar-refractivity contribution is -0.0637. The zero-order valence-corrected chi connectivity index (χ0v) is 15.3. The maximum atomic E-state index is 9.63. The van der Waals surface area contributed by atoms with Gasteiger partial charge in [0.1, 0.15) is 24.4 Å². The van der Waals surface area contributed by atoms with E-state index in [-0.39, 0.29) is 45.6 Å². The summed E-state index contributed by atoms with van der Waals surface area (Å²) in [4.78, 5) is 0. The molecule has 10 nitrogen and oxygen atoms in total. The Morgan fingerprint density at radius 1 is 0.500 bits per heavy atom. The number of aliphatic hydroxyl groups excluding tert-OH is 6. The molecule has 0 aliphatic rings. The van der Waals surface area contributed by atoms with Crippen LogP contribution in [0.1, 0.15) is 6.92 Å². The summed E-state index contributed by atoms with van der Waals surface area (Å²) in [5.41, 5.74) is 0. The summed E-state index contributed by atoms with van der Waals surface area (Å²) in [6, 6.07) is 0. The van der Waals surface area contributed by atoms with Crippen molar-refractivity contribution in [3.05, 3.63) is 0 Å². The third-order valence-corrected chi connectivity index (χ3v) is 3.09. The molecule has 26 heavy (non-hydrogen) atoms. The van der Waals surface area contributed by atoms with Gasteiger partial charge < -0.3 is 49.6 Å². The molecule has 0 aromatic rings. The van der Waals surface area contributed by atoms with Crippen LogP contribution in [0.4, 0.5) is 0 Å². The average Bonchev–Trinajstić information content (AvgIpc) is 2.61. The molecule has 4 atom stereocenters. The van der Waals surface area contributed by atoms with E-state index in [2.05, 4.69) is 0 Å². The summed E-state index contributed by atoms with van der Waals surface area (Å²) >= 11 is 0. The van der Waals surface area contributed by atoms with Crippen molar-refractivity contribution in [1.29, 1.82) is 0 Å². The Morgan fingerprint density at radius 3 is 1.08 bits per heavy atom. The summed E-state index contributed by atoms with van der Waals surface area (Å²) < 4.78 is 20.7. The summed E-state index contributed by atoms with van der Waals surface area (Å²) in [6.45, 7) is 1.85. The van der Waals surface area contributed by atoms with E-state index in [1.54, 1.807) is 0 Å². The van der Waals surface area contributed by atoms with Gasteiger partial charge in [0.25, 0.3) is 0 Å². The second-order valence-corrected chi connectivity index (χ2v) is 6.24. The van der Waals surface area contributed by atoms with Crippen LogP contribution in [-0.2, 0) is 18.9 Å². The van der Waals surface area contributed by atoms with E-state index in [1.165, 1.54) is 0 Å². The highest BCUT2D eigenvalue weighted by atomic mass is 16.5. The lowest BCUT2D eigenvalue weighted by Gasteiger charge is -2.17. The molecule has 0 amide bonds. The first-order chi connectivity index (χ1) is 12.4. The Kier molecular flexibility index (Phi) is 16.5. The van der Waals surface area contributed by atoms with Crippen molar-refractivity contribution in [3.8, 4) is 0 Å². The fourth-order valence-corrected chi connectivity index (χ4v) is 1.74. The molecule has 0 aliphatic heterocycles. The quantitative estimate of drug-likeness (QED) is 0.144. The standard InChI is InChI=1S/C16H34O10/c1-12(4-23-8-15(21)10-25-6-13(19)2-17)5-24-9-16(22)11-26-7-14(20)3-18/h12-22H,2-11H2,1H3. The Bertz CT molecular complexity index is 279. The second kappa shape index (κ2) is 16.8. The highest BCUT2D eigenvalue weighted by Gasteiger charge is 2.11. The zero-order valence-electron chi connectivity index (χ0n) is 15.3. The van der Waals surface area contributed by atoms with Crippen molar-refractivity contribution < 1.29 is 49.6 Å². The first-order valence-corrected chi connectivity index (χ1v) is 8.63. The first kappa shape index (κ1) is 25.6. The molecule has 0 saturated carbocycles. The summed E-state index contributed by atoms with van der Waals surface area (Å²) in [7, 11) is 0. The fourth-order valence-electron chi connectivity index (χ4n) is 1.74. The third kappa shape index (κ3) is 15.8. The number of ether oxygens (including phenoxy) is 4. The van der Waals surface area contributed by atoms with Crippen LogP contribution in [0.2, 0.25) is 0 Å². The zero-order chi connectivity index (χ0) is 19.8. The van der Waals surface area contributed by atoms with E-state index in [9.17, 15) is 10.2 Å². The molecule has 0 bridgehead atoms. The number of hydrogen-bond donors (Lipinski definition) is 6. The lowest BCUT2D eigenvalue weighted by atomic mass is 10.2. The van der Waals surface area contributed by atoms with Crippen LogP contribution in [-0.4, -0.2) is 121 Å². The van der Waals surface area contributed by atoms with Gasteiger partial charge in [-0.05, 0) is 0 Å². The molecule has 0 aromatic carbocycles. The fraction of sp³-hybridized carbons (Fsp3) is 1.00. The molecule has 6 N–H and O–H groups in total. The SMILES string of the molecule is CC(COCC(O)COCC(O)CO)COCC(O)COCC(O)CO. The Hall–Kier alpha value is -0.400. The molecule has 10 heteroatoms. The van der Waals surface area contributed by atoms with Crippen molar-refractivity contribution >= 4 is 0 Å². The van der Waals surface area contributed by atoms with Crippen molar-refractivity contribution in [1.82, 2.24) is 0 Å². The summed E-state index contributed by atoms with van der Waals surface area (Å²) in [5.74, 6) is 0.0451. The number of rotatable bonds is 18. The van der Waals surface area contributed by atoms with Crippen LogP contribution in [0.3, 0.4) is 0 Å². The van der Waals surface area contributed by atoms with Crippen LogP contribution in [0.25, 0.3) is 0 Å². The Labute approximate surface area is 153 Å². The molecule has 0 saturated heterocycles. The first-order valence-electron chi connectivity index (χ1n) is 8.63. The van der Waals surface area contributed by atoms with Gasteiger partial charge in [-0.3, -0.25) is 0 Å². The second-order valence-electron chi connectivity index (χ2n) is 6.24. The van der Waals surface area contributed by atoms with Crippen LogP contribution < -0.4 is 0 Å². The third-order valence-electron chi connectivity index (χ3n) is 3.09. The maximum Gasteiger partial charge on any atom is 0.101 e. The average molecular weight is 386 g/mol. The normalized spacial score (nSPS) is 17.7. The molecule has 0 radical (unpaired) electrons. The predicted octanol–water partition coefficient (Wildman–Crippen LogP) is -2.88. The van der Waals surface area contributed by atoms with E-state index >= 15 is 0 Å². The van der Waals surface area contributed by atoms with E-state index in [4.69, 9.17) is 39.4 Å². The van der Waals surface area contributed by atoms with Gasteiger partial charge in [-0.2, -0.15) is 0 Å². The topological polar surface area (TPSA) is 158 Å². The lowest BCUT2D eigenvalue weighted by Crippen LogP contribution is -2.28. The monoisotopic (exact) mass is 386 g/mol. The maximum absolute atomic E-state index is 9.63. The van der Waals surface area contributed by atoms with Crippen LogP contribution in [0, 0.1) is 5.92 Å². The molecule has 0 rings (SSSR count). The molecule has 0 fully saturated rings. The van der Waals surface area contributed by atoms with E-state index < -0.39 is 37.6 Å². The molecule has 0 spiro atoms. The Balaban J connectivity index is 3.54. The highest BCUT2D eigenvalue weighted by molar-refractivity contribution is 4.58. The van der Waals surface area contributed by atoms with Gasteiger partial charge in [-0.15, -0.1) is 0 Å². The van der Waals surface area contributed by atoms with Crippen molar-refractivity contribution in [2.75, 3.05) is 66.1 Å².